The number of methoxy groups -OCH3 is 3. The van der Waals surface area contributed by atoms with Crippen molar-refractivity contribution in [1.29, 1.82) is 0 Å². The fraction of sp³-hybridized carbons (Fsp3) is 0.647. The SMILES string of the molecule is CO[C@@H]1[C@@H](CCOCc2ccccc2)O[C@@](C)(OC)[C@H]1OC. The van der Waals surface area contributed by atoms with Crippen LogP contribution >= 0.6 is 0 Å². The zero-order valence-electron chi connectivity index (χ0n) is 13.8. The van der Waals surface area contributed by atoms with Gasteiger partial charge in [0, 0.05) is 27.9 Å². The van der Waals surface area contributed by atoms with Crippen LogP contribution in [0.5, 0.6) is 0 Å². The van der Waals surface area contributed by atoms with E-state index in [2.05, 4.69) is 0 Å². The molecule has 1 aliphatic heterocycles. The van der Waals surface area contributed by atoms with Gasteiger partial charge in [-0.25, -0.2) is 0 Å². The van der Waals surface area contributed by atoms with Gasteiger partial charge in [0.25, 0.3) is 0 Å². The molecule has 0 radical (unpaired) electrons. The van der Waals surface area contributed by atoms with Crippen LogP contribution in [0.4, 0.5) is 0 Å². The Morgan fingerprint density at radius 3 is 2.41 bits per heavy atom. The molecule has 0 aromatic heterocycles. The van der Waals surface area contributed by atoms with Gasteiger partial charge in [-0.2, -0.15) is 0 Å². The second-order valence-corrected chi connectivity index (χ2v) is 5.56. The van der Waals surface area contributed by atoms with Crippen molar-refractivity contribution in [3.63, 3.8) is 0 Å². The van der Waals surface area contributed by atoms with Crippen LogP contribution < -0.4 is 0 Å². The van der Waals surface area contributed by atoms with E-state index < -0.39 is 5.79 Å². The first kappa shape index (κ1) is 17.4. The first-order chi connectivity index (χ1) is 10.6. The smallest absolute Gasteiger partial charge is 0.194 e. The molecule has 1 fully saturated rings. The normalized spacial score (nSPS) is 31.5. The molecule has 4 atom stereocenters. The highest BCUT2D eigenvalue weighted by atomic mass is 16.7. The lowest BCUT2D eigenvalue weighted by molar-refractivity contribution is -0.238. The highest BCUT2D eigenvalue weighted by Gasteiger charge is 2.53. The van der Waals surface area contributed by atoms with Gasteiger partial charge >= 0.3 is 0 Å². The largest absolute Gasteiger partial charge is 0.377 e. The molecule has 0 saturated carbocycles. The molecular formula is C17H26O5. The van der Waals surface area contributed by atoms with E-state index in [4.69, 9.17) is 23.7 Å². The quantitative estimate of drug-likeness (QED) is 0.690. The lowest BCUT2D eigenvalue weighted by Gasteiger charge is -2.28. The summed E-state index contributed by atoms with van der Waals surface area (Å²) in [6.45, 7) is 3.06. The predicted molar refractivity (Wildman–Crippen MR) is 82.6 cm³/mol. The summed E-state index contributed by atoms with van der Waals surface area (Å²) in [4.78, 5) is 0. The molecule has 1 aliphatic rings. The molecule has 22 heavy (non-hydrogen) atoms. The minimum Gasteiger partial charge on any atom is -0.377 e. The van der Waals surface area contributed by atoms with Crippen LogP contribution in [0, 0.1) is 0 Å². The van der Waals surface area contributed by atoms with Gasteiger partial charge in [0.05, 0.1) is 12.7 Å². The van der Waals surface area contributed by atoms with Crippen molar-refractivity contribution in [3.8, 4) is 0 Å². The molecule has 0 amide bonds. The Balaban J connectivity index is 1.84. The number of ether oxygens (including phenoxy) is 5. The highest BCUT2D eigenvalue weighted by Crippen LogP contribution is 2.36. The summed E-state index contributed by atoms with van der Waals surface area (Å²) < 4.78 is 28.3. The molecule has 5 heteroatoms. The molecule has 1 aromatic carbocycles. The van der Waals surface area contributed by atoms with Crippen molar-refractivity contribution in [3.05, 3.63) is 35.9 Å². The third-order valence-corrected chi connectivity index (χ3v) is 4.16. The van der Waals surface area contributed by atoms with Crippen molar-refractivity contribution < 1.29 is 23.7 Å². The average molecular weight is 310 g/mol. The van der Waals surface area contributed by atoms with Gasteiger partial charge in [0.2, 0.25) is 0 Å². The van der Waals surface area contributed by atoms with Crippen molar-refractivity contribution in [1.82, 2.24) is 0 Å². The van der Waals surface area contributed by atoms with E-state index in [0.29, 0.717) is 13.2 Å². The number of hydrogen-bond donors (Lipinski definition) is 0. The topological polar surface area (TPSA) is 46.2 Å². The standard InChI is InChI=1S/C17H26O5/c1-17(20-4)16(19-3)15(18-2)14(22-17)10-11-21-12-13-8-6-5-7-9-13/h5-9,14-16H,10-12H2,1-4H3/t14-,15-,16+,17-/m1/s1. The van der Waals surface area contributed by atoms with Crippen LogP contribution in [0.1, 0.15) is 18.9 Å². The van der Waals surface area contributed by atoms with E-state index in [1.54, 1.807) is 21.3 Å². The fourth-order valence-electron chi connectivity index (χ4n) is 2.90. The maximum Gasteiger partial charge on any atom is 0.194 e. The van der Waals surface area contributed by atoms with Gasteiger partial charge < -0.3 is 23.7 Å². The van der Waals surface area contributed by atoms with E-state index in [0.717, 1.165) is 12.0 Å². The summed E-state index contributed by atoms with van der Waals surface area (Å²) in [6.07, 6.45) is 0.178. The van der Waals surface area contributed by atoms with E-state index in [9.17, 15) is 0 Å². The van der Waals surface area contributed by atoms with Gasteiger partial charge in [-0.05, 0) is 18.9 Å². The molecule has 5 nitrogen and oxygen atoms in total. The fourth-order valence-corrected chi connectivity index (χ4v) is 2.90. The molecule has 0 unspecified atom stereocenters. The Morgan fingerprint density at radius 1 is 1.09 bits per heavy atom. The molecule has 0 bridgehead atoms. The van der Waals surface area contributed by atoms with Crippen molar-refractivity contribution in [2.45, 2.75) is 44.1 Å². The third kappa shape index (κ3) is 3.86. The van der Waals surface area contributed by atoms with Gasteiger partial charge in [0.1, 0.15) is 12.2 Å². The van der Waals surface area contributed by atoms with Gasteiger partial charge in [0.15, 0.2) is 5.79 Å². The number of rotatable bonds is 8. The summed E-state index contributed by atoms with van der Waals surface area (Å²) in [5, 5.41) is 0. The molecule has 1 saturated heterocycles. The summed E-state index contributed by atoms with van der Waals surface area (Å²) in [7, 11) is 4.93. The zero-order valence-corrected chi connectivity index (χ0v) is 13.8. The zero-order chi connectivity index (χ0) is 16.0. The Morgan fingerprint density at radius 2 is 1.82 bits per heavy atom. The molecule has 1 heterocycles. The molecule has 0 N–H and O–H groups in total. The van der Waals surface area contributed by atoms with E-state index in [1.807, 2.05) is 37.3 Å². The molecule has 124 valence electrons. The summed E-state index contributed by atoms with van der Waals surface area (Å²) in [5.74, 6) is -0.792. The predicted octanol–water partition coefficient (Wildman–Crippen LogP) is 2.38. The van der Waals surface area contributed by atoms with E-state index >= 15 is 0 Å². The highest BCUT2D eigenvalue weighted by molar-refractivity contribution is 5.13. The summed E-state index contributed by atoms with van der Waals surface area (Å²) in [5.41, 5.74) is 1.16. The van der Waals surface area contributed by atoms with Crippen LogP contribution in [0.2, 0.25) is 0 Å². The Kier molecular flexibility index (Phi) is 6.35. The van der Waals surface area contributed by atoms with Crippen molar-refractivity contribution in [2.75, 3.05) is 27.9 Å². The lowest BCUT2D eigenvalue weighted by Crippen LogP contribution is -2.44. The van der Waals surface area contributed by atoms with Crippen LogP contribution in [-0.2, 0) is 30.3 Å². The van der Waals surface area contributed by atoms with Crippen LogP contribution in [0.3, 0.4) is 0 Å². The maximum atomic E-state index is 6.01. The van der Waals surface area contributed by atoms with Crippen LogP contribution in [-0.4, -0.2) is 52.0 Å². The first-order valence-electron chi connectivity index (χ1n) is 7.55. The monoisotopic (exact) mass is 310 g/mol. The summed E-state index contributed by atoms with van der Waals surface area (Å²) >= 11 is 0. The van der Waals surface area contributed by atoms with E-state index in [-0.39, 0.29) is 18.3 Å². The van der Waals surface area contributed by atoms with Gasteiger partial charge in [-0.1, -0.05) is 30.3 Å². The first-order valence-corrected chi connectivity index (χ1v) is 7.55. The third-order valence-electron chi connectivity index (χ3n) is 4.16. The molecule has 0 spiro atoms. The van der Waals surface area contributed by atoms with Crippen LogP contribution in [0.15, 0.2) is 30.3 Å². The number of benzene rings is 1. The molecule has 1 aromatic rings. The number of hydrogen-bond acceptors (Lipinski definition) is 5. The minimum atomic E-state index is -0.792. The lowest BCUT2D eigenvalue weighted by atomic mass is 10.0. The molecule has 0 aliphatic carbocycles. The maximum absolute atomic E-state index is 6.01. The second-order valence-electron chi connectivity index (χ2n) is 5.56. The van der Waals surface area contributed by atoms with Gasteiger partial charge in [-0.15, -0.1) is 0 Å². The van der Waals surface area contributed by atoms with Crippen LogP contribution in [0.25, 0.3) is 0 Å². The molecule has 2 rings (SSSR count). The van der Waals surface area contributed by atoms with Crippen molar-refractivity contribution in [2.24, 2.45) is 0 Å². The van der Waals surface area contributed by atoms with E-state index in [1.165, 1.54) is 0 Å². The minimum absolute atomic E-state index is 0.115. The molecular weight excluding hydrogens is 284 g/mol. The average Bonchev–Trinajstić information content (AvgIpc) is 2.84. The Hall–Kier alpha value is -0.980. The second kappa shape index (κ2) is 8.04. The van der Waals surface area contributed by atoms with Crippen molar-refractivity contribution >= 4 is 0 Å². The Labute approximate surface area is 132 Å². The van der Waals surface area contributed by atoms with Gasteiger partial charge in [-0.3, -0.25) is 0 Å². The Bertz CT molecular complexity index is 438. The summed E-state index contributed by atoms with van der Waals surface area (Å²) in [6, 6.07) is 10.1.